The van der Waals surface area contributed by atoms with Crippen molar-refractivity contribution in [3.63, 3.8) is 0 Å². The van der Waals surface area contributed by atoms with Crippen molar-refractivity contribution in [3.8, 4) is 5.75 Å². The van der Waals surface area contributed by atoms with E-state index in [-0.39, 0.29) is 5.91 Å². The first kappa shape index (κ1) is 18.3. The maximum Gasteiger partial charge on any atom is 0.234 e. The number of ether oxygens (including phenoxy) is 1. The van der Waals surface area contributed by atoms with Crippen LogP contribution >= 0.6 is 23.1 Å². The maximum absolute atomic E-state index is 12.4. The number of anilines is 1. The van der Waals surface area contributed by atoms with E-state index in [9.17, 15) is 4.79 Å². The monoisotopic (exact) mass is 399 g/mol. The van der Waals surface area contributed by atoms with Crippen molar-refractivity contribution < 1.29 is 9.53 Å². The molecule has 1 atom stereocenters. The number of nitrogens with zero attached hydrogens (tertiary/aromatic N) is 2. The third-order valence-corrected chi connectivity index (χ3v) is 6.90. The largest absolute Gasteiger partial charge is 0.497 e. The Bertz CT molecular complexity index is 987. The smallest absolute Gasteiger partial charge is 0.234 e. The van der Waals surface area contributed by atoms with Crippen molar-refractivity contribution in [2.45, 2.75) is 31.2 Å². The molecule has 0 fully saturated rings. The van der Waals surface area contributed by atoms with E-state index in [2.05, 4.69) is 22.2 Å². The van der Waals surface area contributed by atoms with Gasteiger partial charge in [-0.3, -0.25) is 4.79 Å². The Morgan fingerprint density at radius 2 is 2.30 bits per heavy atom. The van der Waals surface area contributed by atoms with Crippen LogP contribution in [0.4, 0.5) is 5.69 Å². The normalized spacial score (nSPS) is 16.1. The van der Waals surface area contributed by atoms with Crippen molar-refractivity contribution in [1.82, 2.24) is 9.97 Å². The number of carbonyl (C=O) groups is 1. The molecule has 0 radical (unpaired) electrons. The van der Waals surface area contributed by atoms with Crippen molar-refractivity contribution in [1.29, 1.82) is 0 Å². The van der Waals surface area contributed by atoms with Gasteiger partial charge in [-0.05, 0) is 42.9 Å². The summed E-state index contributed by atoms with van der Waals surface area (Å²) in [5.41, 5.74) is 2.12. The van der Waals surface area contributed by atoms with E-state index in [4.69, 9.17) is 4.74 Å². The Kier molecular flexibility index (Phi) is 5.31. The second-order valence-corrected chi connectivity index (χ2v) is 8.83. The number of amides is 1. The number of nitrogens with one attached hydrogen (secondary N) is 1. The van der Waals surface area contributed by atoms with E-state index >= 15 is 0 Å². The van der Waals surface area contributed by atoms with Crippen LogP contribution in [0.2, 0.25) is 0 Å². The molecule has 0 saturated carbocycles. The highest BCUT2D eigenvalue weighted by Crippen LogP contribution is 2.40. The molecule has 1 unspecified atom stereocenters. The molecular weight excluding hydrogens is 378 g/mol. The number of rotatable bonds is 5. The third-order valence-electron chi connectivity index (χ3n) is 4.75. The standard InChI is InChI=1S/C20H21N3O2S2/c1-12-6-7-15-16(8-12)27-20-18(15)19(21-11-22-20)26-10-17(24)23-13-4-3-5-14(9-13)25-2/h3-5,9,11-12H,6-8,10H2,1-2H3,(H,23,24). The number of methoxy groups -OCH3 is 1. The third kappa shape index (κ3) is 3.94. The van der Waals surface area contributed by atoms with Crippen LogP contribution < -0.4 is 10.1 Å². The maximum atomic E-state index is 12.4. The summed E-state index contributed by atoms with van der Waals surface area (Å²) in [7, 11) is 1.61. The van der Waals surface area contributed by atoms with Crippen molar-refractivity contribution >= 4 is 44.9 Å². The van der Waals surface area contributed by atoms with Crippen molar-refractivity contribution in [3.05, 3.63) is 41.0 Å². The van der Waals surface area contributed by atoms with Gasteiger partial charge in [0.2, 0.25) is 5.91 Å². The first-order chi connectivity index (χ1) is 13.1. The predicted molar refractivity (Wildman–Crippen MR) is 111 cm³/mol. The summed E-state index contributed by atoms with van der Waals surface area (Å²) in [4.78, 5) is 23.8. The molecule has 0 saturated heterocycles. The molecule has 140 valence electrons. The average Bonchev–Trinajstić information content (AvgIpc) is 3.04. The molecule has 0 aliphatic heterocycles. The van der Waals surface area contributed by atoms with Gasteiger partial charge in [0, 0.05) is 22.0 Å². The fourth-order valence-electron chi connectivity index (χ4n) is 3.39. The molecule has 1 aliphatic rings. The molecule has 3 aromatic rings. The molecule has 4 rings (SSSR count). The van der Waals surface area contributed by atoms with Gasteiger partial charge in [0.1, 0.15) is 21.9 Å². The number of hydrogen-bond acceptors (Lipinski definition) is 6. The lowest BCUT2D eigenvalue weighted by Gasteiger charge is -2.18. The summed E-state index contributed by atoms with van der Waals surface area (Å²) in [5, 5.41) is 4.98. The molecule has 5 nitrogen and oxygen atoms in total. The minimum Gasteiger partial charge on any atom is -0.497 e. The van der Waals surface area contributed by atoms with Crippen LogP contribution in [0.25, 0.3) is 10.2 Å². The summed E-state index contributed by atoms with van der Waals surface area (Å²) in [5.74, 6) is 1.70. The highest BCUT2D eigenvalue weighted by Gasteiger charge is 2.23. The number of carbonyl (C=O) groups excluding carboxylic acids is 1. The minimum absolute atomic E-state index is 0.0577. The summed E-state index contributed by atoms with van der Waals surface area (Å²) >= 11 is 3.26. The van der Waals surface area contributed by atoms with E-state index in [1.54, 1.807) is 24.8 Å². The number of aromatic nitrogens is 2. The predicted octanol–water partition coefficient (Wildman–Crippen LogP) is 4.56. The summed E-state index contributed by atoms with van der Waals surface area (Å²) in [6, 6.07) is 7.36. The quantitative estimate of drug-likeness (QED) is 0.503. The number of benzene rings is 1. The number of fused-ring (bicyclic) bond motifs is 3. The summed E-state index contributed by atoms with van der Waals surface area (Å²) in [6.07, 6.45) is 5.01. The van der Waals surface area contributed by atoms with Gasteiger partial charge in [0.25, 0.3) is 0 Å². The van der Waals surface area contributed by atoms with Crippen LogP contribution in [0.3, 0.4) is 0 Å². The lowest BCUT2D eigenvalue weighted by atomic mass is 9.89. The number of thiophene rings is 1. The Morgan fingerprint density at radius 1 is 1.41 bits per heavy atom. The molecule has 27 heavy (non-hydrogen) atoms. The van der Waals surface area contributed by atoms with Gasteiger partial charge >= 0.3 is 0 Å². The average molecular weight is 400 g/mol. The summed E-state index contributed by atoms with van der Waals surface area (Å²) < 4.78 is 5.19. The second-order valence-electron chi connectivity index (χ2n) is 6.78. The topological polar surface area (TPSA) is 64.1 Å². The summed E-state index contributed by atoms with van der Waals surface area (Å²) in [6.45, 7) is 2.30. The zero-order chi connectivity index (χ0) is 18.8. The van der Waals surface area contributed by atoms with E-state index in [1.165, 1.54) is 28.6 Å². The van der Waals surface area contributed by atoms with E-state index in [0.29, 0.717) is 5.75 Å². The highest BCUT2D eigenvalue weighted by atomic mass is 32.2. The molecule has 2 heterocycles. The molecule has 0 bridgehead atoms. The lowest BCUT2D eigenvalue weighted by Crippen LogP contribution is -2.14. The second kappa shape index (κ2) is 7.86. The number of aryl methyl sites for hydroxylation is 1. The van der Waals surface area contributed by atoms with Gasteiger partial charge in [-0.1, -0.05) is 24.8 Å². The highest BCUT2D eigenvalue weighted by molar-refractivity contribution is 8.00. The Hall–Kier alpha value is -2.12. The van der Waals surface area contributed by atoms with Gasteiger partial charge in [-0.15, -0.1) is 11.3 Å². The van der Waals surface area contributed by atoms with E-state index in [0.717, 1.165) is 45.4 Å². The molecule has 0 spiro atoms. The molecule has 7 heteroatoms. The van der Waals surface area contributed by atoms with Gasteiger partial charge in [-0.25, -0.2) is 9.97 Å². The van der Waals surface area contributed by atoms with Gasteiger partial charge in [0.15, 0.2) is 0 Å². The molecule has 1 aromatic carbocycles. The van der Waals surface area contributed by atoms with Crippen LogP contribution in [0.1, 0.15) is 23.8 Å². The molecule has 1 N–H and O–H groups in total. The first-order valence-electron chi connectivity index (χ1n) is 8.96. The first-order valence-corrected chi connectivity index (χ1v) is 10.8. The van der Waals surface area contributed by atoms with E-state index in [1.807, 2.05) is 24.3 Å². The van der Waals surface area contributed by atoms with Gasteiger partial charge in [0.05, 0.1) is 12.9 Å². The zero-order valence-electron chi connectivity index (χ0n) is 15.3. The van der Waals surface area contributed by atoms with Gasteiger partial charge in [-0.2, -0.15) is 0 Å². The Morgan fingerprint density at radius 3 is 3.15 bits per heavy atom. The minimum atomic E-state index is -0.0577. The molecule has 1 aliphatic carbocycles. The van der Waals surface area contributed by atoms with Crippen molar-refractivity contribution in [2.75, 3.05) is 18.2 Å². The number of hydrogen-bond donors (Lipinski definition) is 1. The van der Waals surface area contributed by atoms with Gasteiger partial charge < -0.3 is 10.1 Å². The van der Waals surface area contributed by atoms with Crippen LogP contribution in [0, 0.1) is 5.92 Å². The molecular formula is C20H21N3O2S2. The van der Waals surface area contributed by atoms with Crippen LogP contribution in [-0.4, -0.2) is 28.7 Å². The molecule has 1 amide bonds. The fourth-order valence-corrected chi connectivity index (χ4v) is 5.63. The van der Waals surface area contributed by atoms with Crippen LogP contribution in [-0.2, 0) is 17.6 Å². The lowest BCUT2D eigenvalue weighted by molar-refractivity contribution is -0.113. The fraction of sp³-hybridized carbons (Fsp3) is 0.350. The van der Waals surface area contributed by atoms with Crippen molar-refractivity contribution in [2.24, 2.45) is 5.92 Å². The SMILES string of the molecule is COc1cccc(NC(=O)CSc2ncnc3sc4c(c23)CCC(C)C4)c1. The Labute approximate surface area is 166 Å². The Balaban J connectivity index is 1.49. The van der Waals surface area contributed by atoms with E-state index < -0.39 is 0 Å². The van der Waals surface area contributed by atoms with Crippen LogP contribution in [0.5, 0.6) is 5.75 Å². The van der Waals surface area contributed by atoms with Crippen LogP contribution in [0.15, 0.2) is 35.6 Å². The zero-order valence-corrected chi connectivity index (χ0v) is 17.0. The number of thioether (sulfide) groups is 1. The molecule has 2 aromatic heterocycles.